The number of nitro benzene ring substituents is 1. The summed E-state index contributed by atoms with van der Waals surface area (Å²) in [5.74, 6) is -0.495. The van der Waals surface area contributed by atoms with Crippen LogP contribution in [-0.2, 0) is 6.54 Å². The van der Waals surface area contributed by atoms with E-state index in [1.165, 1.54) is 35.6 Å². The van der Waals surface area contributed by atoms with Crippen LogP contribution in [0.25, 0.3) is 10.2 Å². The van der Waals surface area contributed by atoms with Crippen molar-refractivity contribution in [1.82, 2.24) is 4.57 Å². The molecule has 1 aromatic heterocycles. The molecule has 0 spiro atoms. The molecule has 1 heterocycles. The summed E-state index contributed by atoms with van der Waals surface area (Å²) in [5, 5.41) is 11.6. The third-order valence-electron chi connectivity index (χ3n) is 3.55. The SMILES string of the molecule is CCn1c(=NC(=O)c2ccc(Cl)cc2Cl)sc2ccc([N+](=O)[O-])cc21. The molecule has 1 amide bonds. The van der Waals surface area contributed by atoms with Crippen molar-refractivity contribution in [3.8, 4) is 0 Å². The van der Waals surface area contributed by atoms with Crippen LogP contribution in [0, 0.1) is 10.1 Å². The number of hydrogen-bond donors (Lipinski definition) is 0. The normalized spacial score (nSPS) is 11.9. The van der Waals surface area contributed by atoms with E-state index in [9.17, 15) is 14.9 Å². The van der Waals surface area contributed by atoms with Crippen molar-refractivity contribution in [1.29, 1.82) is 0 Å². The summed E-state index contributed by atoms with van der Waals surface area (Å²) >= 11 is 13.2. The van der Waals surface area contributed by atoms with E-state index in [0.717, 1.165) is 4.70 Å². The summed E-state index contributed by atoms with van der Waals surface area (Å²) in [4.78, 5) is 27.6. The number of non-ortho nitro benzene ring substituents is 1. The highest BCUT2D eigenvalue weighted by molar-refractivity contribution is 7.16. The molecule has 0 saturated carbocycles. The highest BCUT2D eigenvalue weighted by Gasteiger charge is 2.14. The number of thiazole rings is 1. The fourth-order valence-corrected chi connectivity index (χ4v) is 3.93. The van der Waals surface area contributed by atoms with Gasteiger partial charge in [0.1, 0.15) is 0 Å². The molecule has 128 valence electrons. The highest BCUT2D eigenvalue weighted by Crippen LogP contribution is 2.24. The van der Waals surface area contributed by atoms with E-state index >= 15 is 0 Å². The fraction of sp³-hybridized carbons (Fsp3) is 0.125. The molecule has 0 N–H and O–H groups in total. The molecule has 0 aliphatic heterocycles. The van der Waals surface area contributed by atoms with Crippen molar-refractivity contribution in [3.63, 3.8) is 0 Å². The monoisotopic (exact) mass is 395 g/mol. The zero-order chi connectivity index (χ0) is 18.1. The zero-order valence-electron chi connectivity index (χ0n) is 12.9. The van der Waals surface area contributed by atoms with Crippen molar-refractivity contribution < 1.29 is 9.72 Å². The minimum absolute atomic E-state index is 0.00822. The molecule has 0 unspecified atom stereocenters. The Bertz CT molecular complexity index is 1070. The average Bonchev–Trinajstić information content (AvgIpc) is 2.90. The van der Waals surface area contributed by atoms with Crippen LogP contribution in [0.5, 0.6) is 0 Å². The number of amides is 1. The van der Waals surface area contributed by atoms with Crippen LogP contribution in [0.1, 0.15) is 17.3 Å². The Labute approximate surface area is 156 Å². The van der Waals surface area contributed by atoms with Crippen molar-refractivity contribution in [2.24, 2.45) is 4.99 Å². The summed E-state index contributed by atoms with van der Waals surface area (Å²) in [5.41, 5.74) is 0.902. The predicted octanol–water partition coefficient (Wildman–Crippen LogP) is 4.68. The first-order valence-electron chi connectivity index (χ1n) is 7.22. The van der Waals surface area contributed by atoms with E-state index in [1.54, 1.807) is 16.7 Å². The summed E-state index contributed by atoms with van der Waals surface area (Å²) in [6.07, 6.45) is 0. The lowest BCUT2D eigenvalue weighted by atomic mass is 10.2. The Morgan fingerprint density at radius 2 is 2.04 bits per heavy atom. The second kappa shape index (κ2) is 6.95. The maximum absolute atomic E-state index is 12.5. The summed E-state index contributed by atoms with van der Waals surface area (Å²) in [6, 6.07) is 9.13. The molecule has 0 atom stereocenters. The minimum atomic E-state index is -0.495. The highest BCUT2D eigenvalue weighted by atomic mass is 35.5. The van der Waals surface area contributed by atoms with Gasteiger partial charge in [-0.3, -0.25) is 14.9 Å². The molecular weight excluding hydrogens is 385 g/mol. The van der Waals surface area contributed by atoms with Gasteiger partial charge in [0.2, 0.25) is 0 Å². The third kappa shape index (κ3) is 3.44. The Kier molecular flexibility index (Phi) is 4.89. The smallest absolute Gasteiger partial charge is 0.281 e. The number of carbonyl (C=O) groups excluding carboxylic acids is 1. The third-order valence-corrected chi connectivity index (χ3v) is 5.16. The number of nitrogens with zero attached hydrogens (tertiary/aromatic N) is 3. The number of halogens is 2. The largest absolute Gasteiger partial charge is 0.316 e. The van der Waals surface area contributed by atoms with Gasteiger partial charge in [0, 0.05) is 23.7 Å². The minimum Gasteiger partial charge on any atom is -0.316 e. The second-order valence-corrected chi connectivity index (χ2v) is 6.93. The molecule has 0 saturated heterocycles. The molecule has 0 aliphatic rings. The topological polar surface area (TPSA) is 77.5 Å². The molecule has 3 rings (SSSR count). The number of carbonyl (C=O) groups is 1. The molecule has 0 bridgehead atoms. The van der Waals surface area contributed by atoms with E-state index in [1.807, 2.05) is 6.92 Å². The van der Waals surface area contributed by atoms with Crippen LogP contribution >= 0.6 is 34.5 Å². The van der Waals surface area contributed by atoms with E-state index in [2.05, 4.69) is 4.99 Å². The summed E-state index contributed by atoms with van der Waals surface area (Å²) in [6.45, 7) is 2.39. The molecule has 2 aromatic carbocycles. The first-order chi connectivity index (χ1) is 11.9. The first kappa shape index (κ1) is 17.6. The predicted molar refractivity (Wildman–Crippen MR) is 98.5 cm³/mol. The van der Waals surface area contributed by atoms with E-state index < -0.39 is 10.8 Å². The van der Waals surface area contributed by atoms with Gasteiger partial charge in [0.15, 0.2) is 4.80 Å². The van der Waals surface area contributed by atoms with Gasteiger partial charge in [0.25, 0.3) is 11.6 Å². The second-order valence-electron chi connectivity index (χ2n) is 5.08. The molecule has 0 fully saturated rings. The van der Waals surface area contributed by atoms with Gasteiger partial charge < -0.3 is 4.57 Å². The van der Waals surface area contributed by atoms with Crippen LogP contribution in [0.15, 0.2) is 41.4 Å². The molecular formula is C16H11Cl2N3O3S. The lowest BCUT2D eigenvalue weighted by Crippen LogP contribution is -2.16. The lowest BCUT2D eigenvalue weighted by molar-refractivity contribution is -0.384. The van der Waals surface area contributed by atoms with Crippen LogP contribution in [0.4, 0.5) is 5.69 Å². The molecule has 0 aliphatic carbocycles. The Morgan fingerprint density at radius 3 is 2.68 bits per heavy atom. The summed E-state index contributed by atoms with van der Waals surface area (Å²) in [7, 11) is 0. The first-order valence-corrected chi connectivity index (χ1v) is 8.80. The number of hydrogen-bond acceptors (Lipinski definition) is 4. The summed E-state index contributed by atoms with van der Waals surface area (Å²) < 4.78 is 2.57. The van der Waals surface area contributed by atoms with Crippen molar-refractivity contribution in [3.05, 3.63) is 66.9 Å². The number of aromatic nitrogens is 1. The maximum atomic E-state index is 12.5. The number of aryl methyl sites for hydroxylation is 1. The Hall–Kier alpha value is -2.22. The van der Waals surface area contributed by atoms with Gasteiger partial charge in [-0.1, -0.05) is 34.5 Å². The van der Waals surface area contributed by atoms with Gasteiger partial charge in [0.05, 0.1) is 25.7 Å². The molecule has 6 nitrogen and oxygen atoms in total. The number of rotatable bonds is 3. The number of fused-ring (bicyclic) bond motifs is 1. The lowest BCUT2D eigenvalue weighted by Gasteiger charge is -2.01. The standard InChI is InChI=1S/C16H11Cl2N3O3S/c1-2-20-13-8-10(21(23)24)4-6-14(13)25-16(20)19-15(22)11-5-3-9(17)7-12(11)18/h3-8H,2H2,1H3. The van der Waals surface area contributed by atoms with E-state index in [0.29, 0.717) is 21.9 Å². The number of benzene rings is 2. The molecule has 0 radical (unpaired) electrons. The van der Waals surface area contributed by atoms with Gasteiger partial charge >= 0.3 is 0 Å². The van der Waals surface area contributed by atoms with Crippen molar-refractivity contribution in [2.45, 2.75) is 13.5 Å². The van der Waals surface area contributed by atoms with Crippen molar-refractivity contribution >= 4 is 56.3 Å². The molecule has 9 heteroatoms. The van der Waals surface area contributed by atoms with Gasteiger partial charge in [-0.05, 0) is 31.2 Å². The fourth-order valence-electron chi connectivity index (χ4n) is 2.37. The van der Waals surface area contributed by atoms with Crippen LogP contribution in [-0.4, -0.2) is 15.4 Å². The average molecular weight is 396 g/mol. The maximum Gasteiger partial charge on any atom is 0.281 e. The molecule has 3 aromatic rings. The van der Waals surface area contributed by atoms with Gasteiger partial charge in [-0.15, -0.1) is 0 Å². The van der Waals surface area contributed by atoms with Crippen LogP contribution < -0.4 is 4.80 Å². The van der Waals surface area contributed by atoms with Crippen LogP contribution in [0.2, 0.25) is 10.0 Å². The Balaban J connectivity index is 2.15. The van der Waals surface area contributed by atoms with Crippen molar-refractivity contribution in [2.75, 3.05) is 0 Å². The van der Waals surface area contributed by atoms with E-state index in [4.69, 9.17) is 23.2 Å². The quantitative estimate of drug-likeness (QED) is 0.477. The van der Waals surface area contributed by atoms with Gasteiger partial charge in [-0.25, -0.2) is 0 Å². The van der Waals surface area contributed by atoms with Crippen LogP contribution in [0.3, 0.4) is 0 Å². The van der Waals surface area contributed by atoms with E-state index in [-0.39, 0.29) is 16.3 Å². The van der Waals surface area contributed by atoms with Gasteiger partial charge in [-0.2, -0.15) is 4.99 Å². The number of nitro groups is 1. The molecule has 25 heavy (non-hydrogen) atoms. The zero-order valence-corrected chi connectivity index (χ0v) is 15.2. The Morgan fingerprint density at radius 1 is 1.28 bits per heavy atom.